The van der Waals surface area contributed by atoms with Gasteiger partial charge in [-0.25, -0.2) is 13.2 Å². The SMILES string of the molecule is C[C@@]1(NC(=O)C2CCN(C(=O)Nc3ccccc3)CC2)CCS(=O)(=O)C1. The lowest BCUT2D eigenvalue weighted by molar-refractivity contribution is -0.127. The first-order valence-corrected chi connectivity index (χ1v) is 10.7. The van der Waals surface area contributed by atoms with Gasteiger partial charge in [0.25, 0.3) is 0 Å². The van der Waals surface area contributed by atoms with Crippen molar-refractivity contribution in [2.45, 2.75) is 31.7 Å². The first kappa shape index (κ1) is 18.7. The number of piperidine rings is 1. The van der Waals surface area contributed by atoms with Gasteiger partial charge in [0.2, 0.25) is 5.91 Å². The summed E-state index contributed by atoms with van der Waals surface area (Å²) in [7, 11) is -3.06. The number of hydrogen-bond donors (Lipinski definition) is 2. The Morgan fingerprint density at radius 3 is 2.38 bits per heavy atom. The Kier molecular flexibility index (Phi) is 5.22. The van der Waals surface area contributed by atoms with Gasteiger partial charge in [0.15, 0.2) is 9.84 Å². The maximum Gasteiger partial charge on any atom is 0.321 e. The van der Waals surface area contributed by atoms with Crippen molar-refractivity contribution in [1.82, 2.24) is 10.2 Å². The van der Waals surface area contributed by atoms with Crippen molar-refractivity contribution < 1.29 is 18.0 Å². The van der Waals surface area contributed by atoms with Crippen LogP contribution in [0.2, 0.25) is 0 Å². The second kappa shape index (κ2) is 7.26. The number of hydrogen-bond acceptors (Lipinski definition) is 4. The summed E-state index contributed by atoms with van der Waals surface area (Å²) in [5, 5.41) is 5.78. The predicted molar refractivity (Wildman–Crippen MR) is 99.6 cm³/mol. The van der Waals surface area contributed by atoms with Gasteiger partial charge in [-0.2, -0.15) is 0 Å². The Morgan fingerprint density at radius 1 is 1.15 bits per heavy atom. The number of sulfone groups is 1. The number of nitrogens with zero attached hydrogens (tertiary/aromatic N) is 1. The average Bonchev–Trinajstić information content (AvgIpc) is 2.88. The summed E-state index contributed by atoms with van der Waals surface area (Å²) in [5.41, 5.74) is 0.0744. The Morgan fingerprint density at radius 2 is 1.81 bits per heavy atom. The third-order valence-electron chi connectivity index (χ3n) is 5.11. The number of likely N-dealkylation sites (tertiary alicyclic amines) is 1. The van der Waals surface area contributed by atoms with Crippen LogP contribution in [0.15, 0.2) is 30.3 Å². The molecule has 2 heterocycles. The molecule has 2 N–H and O–H groups in total. The van der Waals surface area contributed by atoms with E-state index < -0.39 is 15.4 Å². The number of benzene rings is 1. The first-order valence-electron chi connectivity index (χ1n) is 8.90. The molecule has 0 unspecified atom stereocenters. The van der Waals surface area contributed by atoms with E-state index >= 15 is 0 Å². The molecule has 7 nitrogen and oxygen atoms in total. The summed E-state index contributed by atoms with van der Waals surface area (Å²) in [6.07, 6.45) is 1.62. The van der Waals surface area contributed by atoms with Crippen LogP contribution >= 0.6 is 0 Å². The summed E-state index contributed by atoms with van der Waals surface area (Å²) in [5.74, 6) is -0.157. The Bertz CT molecular complexity index is 773. The second-order valence-corrected chi connectivity index (χ2v) is 9.63. The number of carbonyl (C=O) groups excluding carboxylic acids is 2. The molecule has 2 aliphatic heterocycles. The van der Waals surface area contributed by atoms with Gasteiger partial charge in [-0.3, -0.25) is 4.79 Å². The van der Waals surface area contributed by atoms with Crippen molar-refractivity contribution in [3.8, 4) is 0 Å². The minimum atomic E-state index is -3.06. The number of rotatable bonds is 3. The molecule has 1 aromatic rings. The molecular weight excluding hydrogens is 354 g/mol. The van der Waals surface area contributed by atoms with Gasteiger partial charge in [-0.15, -0.1) is 0 Å². The van der Waals surface area contributed by atoms with Crippen LogP contribution in [0.4, 0.5) is 10.5 Å². The van der Waals surface area contributed by atoms with Crippen LogP contribution in [-0.4, -0.2) is 55.4 Å². The van der Waals surface area contributed by atoms with Gasteiger partial charge in [0, 0.05) is 24.7 Å². The van der Waals surface area contributed by atoms with Gasteiger partial charge in [-0.05, 0) is 38.3 Å². The average molecular weight is 379 g/mol. The molecule has 2 fully saturated rings. The smallest absolute Gasteiger partial charge is 0.321 e. The van der Waals surface area contributed by atoms with Gasteiger partial charge in [0.1, 0.15) is 0 Å². The van der Waals surface area contributed by atoms with Crippen LogP contribution in [0.25, 0.3) is 0 Å². The van der Waals surface area contributed by atoms with E-state index in [1.807, 2.05) is 30.3 Å². The highest BCUT2D eigenvalue weighted by atomic mass is 32.2. The number of amides is 3. The second-order valence-electron chi connectivity index (χ2n) is 7.45. The molecule has 3 amide bonds. The molecule has 2 saturated heterocycles. The minimum Gasteiger partial charge on any atom is -0.350 e. The number of urea groups is 1. The van der Waals surface area contributed by atoms with Crippen LogP contribution in [-0.2, 0) is 14.6 Å². The van der Waals surface area contributed by atoms with Crippen LogP contribution in [0.3, 0.4) is 0 Å². The summed E-state index contributed by atoms with van der Waals surface area (Å²) >= 11 is 0. The summed E-state index contributed by atoms with van der Waals surface area (Å²) in [6, 6.07) is 9.09. The van der Waals surface area contributed by atoms with E-state index in [0.29, 0.717) is 32.4 Å². The molecule has 0 radical (unpaired) electrons. The molecule has 0 aromatic heterocycles. The Balaban J connectivity index is 1.49. The van der Waals surface area contributed by atoms with E-state index in [2.05, 4.69) is 10.6 Å². The summed E-state index contributed by atoms with van der Waals surface area (Å²) in [6.45, 7) is 2.80. The fourth-order valence-corrected chi connectivity index (χ4v) is 5.67. The van der Waals surface area contributed by atoms with Gasteiger partial charge >= 0.3 is 6.03 Å². The number of para-hydroxylation sites is 1. The van der Waals surface area contributed by atoms with Gasteiger partial charge < -0.3 is 15.5 Å². The molecule has 26 heavy (non-hydrogen) atoms. The van der Waals surface area contributed by atoms with E-state index in [0.717, 1.165) is 5.69 Å². The molecule has 142 valence electrons. The van der Waals surface area contributed by atoms with Crippen molar-refractivity contribution in [1.29, 1.82) is 0 Å². The van der Waals surface area contributed by atoms with E-state index in [9.17, 15) is 18.0 Å². The molecule has 3 rings (SSSR count). The molecule has 0 spiro atoms. The van der Waals surface area contributed by atoms with E-state index in [1.165, 1.54) is 0 Å². The van der Waals surface area contributed by atoms with Gasteiger partial charge in [0.05, 0.1) is 17.0 Å². The topological polar surface area (TPSA) is 95.6 Å². The van der Waals surface area contributed by atoms with E-state index in [-0.39, 0.29) is 29.4 Å². The zero-order valence-corrected chi connectivity index (χ0v) is 15.7. The van der Waals surface area contributed by atoms with Crippen molar-refractivity contribution >= 4 is 27.5 Å². The predicted octanol–water partition coefficient (Wildman–Crippen LogP) is 1.62. The Labute approximate surface area is 154 Å². The molecule has 2 aliphatic rings. The number of nitrogens with one attached hydrogen (secondary N) is 2. The molecule has 1 atom stereocenters. The lowest BCUT2D eigenvalue weighted by Crippen LogP contribution is -2.51. The van der Waals surface area contributed by atoms with Crippen molar-refractivity contribution in [2.24, 2.45) is 5.92 Å². The molecule has 0 aliphatic carbocycles. The lowest BCUT2D eigenvalue weighted by atomic mass is 9.93. The maximum atomic E-state index is 12.5. The summed E-state index contributed by atoms with van der Waals surface area (Å²) < 4.78 is 23.3. The zero-order chi connectivity index (χ0) is 18.8. The van der Waals surface area contributed by atoms with Crippen molar-refractivity contribution in [3.05, 3.63) is 30.3 Å². The van der Waals surface area contributed by atoms with Crippen LogP contribution in [0, 0.1) is 5.92 Å². The summed E-state index contributed by atoms with van der Waals surface area (Å²) in [4.78, 5) is 26.5. The van der Waals surface area contributed by atoms with Crippen molar-refractivity contribution in [3.63, 3.8) is 0 Å². The third-order valence-corrected chi connectivity index (χ3v) is 7.01. The highest BCUT2D eigenvalue weighted by Gasteiger charge is 2.40. The zero-order valence-electron chi connectivity index (χ0n) is 14.9. The first-order chi connectivity index (χ1) is 12.3. The Hall–Kier alpha value is -2.09. The largest absolute Gasteiger partial charge is 0.350 e. The molecular formula is C18H25N3O4S. The molecule has 0 bridgehead atoms. The van der Waals surface area contributed by atoms with Crippen LogP contribution < -0.4 is 10.6 Å². The normalized spacial score (nSPS) is 25.7. The molecule has 1 aromatic carbocycles. The molecule has 8 heteroatoms. The van der Waals surface area contributed by atoms with Gasteiger partial charge in [-0.1, -0.05) is 18.2 Å². The van der Waals surface area contributed by atoms with Crippen LogP contribution in [0.5, 0.6) is 0 Å². The highest BCUT2D eigenvalue weighted by molar-refractivity contribution is 7.91. The minimum absolute atomic E-state index is 0.00403. The van der Waals surface area contributed by atoms with Crippen molar-refractivity contribution in [2.75, 3.05) is 29.9 Å². The standard InChI is InChI=1S/C18H25N3O4S/c1-18(9-12-26(24,25)13-18)20-16(22)14-7-10-21(11-8-14)17(23)19-15-5-3-2-4-6-15/h2-6,14H,7-13H2,1H3,(H,19,23)(H,20,22)/t18-/m1/s1. The highest BCUT2D eigenvalue weighted by Crippen LogP contribution is 2.25. The fourth-order valence-electron chi connectivity index (χ4n) is 3.58. The van der Waals surface area contributed by atoms with E-state index in [1.54, 1.807) is 11.8 Å². The number of carbonyl (C=O) groups is 2. The quantitative estimate of drug-likeness (QED) is 0.834. The third kappa shape index (κ3) is 4.55. The molecule has 0 saturated carbocycles. The lowest BCUT2D eigenvalue weighted by Gasteiger charge is -2.33. The van der Waals surface area contributed by atoms with E-state index in [4.69, 9.17) is 0 Å². The van der Waals surface area contributed by atoms with Crippen LogP contribution in [0.1, 0.15) is 26.2 Å². The number of anilines is 1. The fraction of sp³-hybridized carbons (Fsp3) is 0.556. The maximum absolute atomic E-state index is 12.5. The monoisotopic (exact) mass is 379 g/mol.